The summed E-state index contributed by atoms with van der Waals surface area (Å²) in [5.74, 6) is 7.62. The minimum absolute atomic E-state index is 0.339. The molecule has 0 aromatic carbocycles. The first-order valence-corrected chi connectivity index (χ1v) is 11.1. The maximum atomic E-state index is 6.08. The van der Waals surface area contributed by atoms with Crippen molar-refractivity contribution in [3.05, 3.63) is 35.2 Å². The van der Waals surface area contributed by atoms with E-state index in [1.807, 2.05) is 24.6 Å². The maximum absolute atomic E-state index is 6.08. The number of aromatic nitrogens is 5. The molecule has 0 radical (unpaired) electrons. The molecule has 3 rings (SSSR count). The molecule has 1 atom stereocenters. The van der Waals surface area contributed by atoms with Crippen LogP contribution in [-0.2, 0) is 0 Å². The molecule has 3 aromatic heterocycles. The van der Waals surface area contributed by atoms with Crippen molar-refractivity contribution in [2.24, 2.45) is 5.10 Å². The Labute approximate surface area is 190 Å². The molecule has 0 aliphatic heterocycles. The molecule has 0 fully saturated rings. The molecular weight excluding hydrogens is 402 g/mol. The molecule has 1 unspecified atom stereocenters. The van der Waals surface area contributed by atoms with Crippen LogP contribution in [-0.4, -0.2) is 55.8 Å². The third-order valence-electron chi connectivity index (χ3n) is 5.81. The number of nitrogens with zero attached hydrogens (tertiary/aromatic N) is 8. The molecule has 0 saturated heterocycles. The lowest BCUT2D eigenvalue weighted by Crippen LogP contribution is -2.34. The fourth-order valence-corrected chi connectivity index (χ4v) is 4.09. The lowest BCUT2D eigenvalue weighted by Gasteiger charge is -2.30. The number of imidazole rings is 1. The number of hydrazone groups is 1. The summed E-state index contributed by atoms with van der Waals surface area (Å²) in [5, 5.41) is 15.2. The fourth-order valence-electron chi connectivity index (χ4n) is 4.09. The lowest BCUT2D eigenvalue weighted by molar-refractivity contribution is 0.517. The van der Waals surface area contributed by atoms with E-state index in [0.717, 1.165) is 53.2 Å². The van der Waals surface area contributed by atoms with E-state index in [9.17, 15) is 0 Å². The summed E-state index contributed by atoms with van der Waals surface area (Å²) in [7, 11) is 1.91. The van der Waals surface area contributed by atoms with Crippen LogP contribution in [0.4, 0.5) is 5.82 Å². The zero-order chi connectivity index (χ0) is 23.6. The maximum Gasteiger partial charge on any atom is 0.182 e. The second-order valence-corrected chi connectivity index (χ2v) is 8.32. The molecule has 32 heavy (non-hydrogen) atoms. The van der Waals surface area contributed by atoms with E-state index in [4.69, 9.17) is 15.9 Å². The van der Waals surface area contributed by atoms with Crippen molar-refractivity contribution in [1.29, 1.82) is 0 Å². The number of nitrogens with two attached hydrogens (primary N) is 1. The summed E-state index contributed by atoms with van der Waals surface area (Å²) in [6, 6.07) is 4.34. The van der Waals surface area contributed by atoms with Crippen LogP contribution in [0.1, 0.15) is 58.7 Å². The van der Waals surface area contributed by atoms with Crippen molar-refractivity contribution in [3.63, 3.8) is 0 Å². The summed E-state index contributed by atoms with van der Waals surface area (Å²) in [5.41, 5.74) is 5.58. The molecule has 0 saturated carbocycles. The minimum atomic E-state index is 0.339. The summed E-state index contributed by atoms with van der Waals surface area (Å²) >= 11 is 0. The molecule has 0 aliphatic carbocycles. The van der Waals surface area contributed by atoms with Crippen molar-refractivity contribution in [2.75, 3.05) is 24.3 Å². The molecule has 0 aliphatic rings. The molecule has 9 heteroatoms. The number of rotatable bonds is 9. The van der Waals surface area contributed by atoms with Crippen molar-refractivity contribution < 1.29 is 0 Å². The number of hydrogen-bond donors (Lipinski definition) is 1. The van der Waals surface area contributed by atoms with Crippen LogP contribution in [0.5, 0.6) is 0 Å². The molecule has 2 N–H and O–H groups in total. The Morgan fingerprint density at radius 3 is 2.56 bits per heavy atom. The van der Waals surface area contributed by atoms with Gasteiger partial charge in [-0.1, -0.05) is 19.4 Å². The highest BCUT2D eigenvalue weighted by atomic mass is 15.5. The second kappa shape index (κ2) is 9.42. The first-order chi connectivity index (χ1) is 15.2. The summed E-state index contributed by atoms with van der Waals surface area (Å²) < 4.78 is 1.89. The predicted molar refractivity (Wildman–Crippen MR) is 132 cm³/mol. The first kappa shape index (κ1) is 23.3. The summed E-state index contributed by atoms with van der Waals surface area (Å²) in [4.78, 5) is 8.53. The van der Waals surface area contributed by atoms with Crippen molar-refractivity contribution in [3.8, 4) is 11.5 Å². The monoisotopic (exact) mass is 437 g/mol. The third-order valence-corrected chi connectivity index (χ3v) is 5.81. The zero-order valence-corrected chi connectivity index (χ0v) is 20.3. The van der Waals surface area contributed by atoms with Gasteiger partial charge in [-0.2, -0.15) is 15.0 Å². The van der Waals surface area contributed by atoms with Gasteiger partial charge >= 0.3 is 0 Å². The Morgan fingerprint density at radius 1 is 1.31 bits per heavy atom. The topological polar surface area (TPSA) is 92.9 Å². The smallest absolute Gasteiger partial charge is 0.182 e. The highest BCUT2D eigenvalue weighted by Gasteiger charge is 2.24. The molecule has 0 amide bonds. The number of aryl methyl sites for hydroxylation is 1. The van der Waals surface area contributed by atoms with E-state index in [1.165, 1.54) is 4.79 Å². The Bertz CT molecular complexity index is 1130. The van der Waals surface area contributed by atoms with E-state index in [2.05, 4.69) is 62.5 Å². The average molecular weight is 438 g/mol. The Kier molecular flexibility index (Phi) is 6.86. The van der Waals surface area contributed by atoms with Crippen LogP contribution >= 0.6 is 0 Å². The van der Waals surface area contributed by atoms with Gasteiger partial charge in [0, 0.05) is 31.9 Å². The van der Waals surface area contributed by atoms with Gasteiger partial charge in [-0.25, -0.2) is 9.50 Å². The van der Waals surface area contributed by atoms with E-state index >= 15 is 0 Å². The van der Waals surface area contributed by atoms with Crippen molar-refractivity contribution in [2.45, 2.75) is 60.4 Å². The van der Waals surface area contributed by atoms with E-state index in [1.54, 1.807) is 11.2 Å². The number of nitrogen functional groups attached to an aromatic ring is 1. The molecule has 172 valence electrons. The molecule has 0 bridgehead atoms. The fraction of sp³-hybridized carbons (Fsp3) is 0.478. The summed E-state index contributed by atoms with van der Waals surface area (Å²) in [6.45, 7) is 17.4. The Morgan fingerprint density at radius 2 is 2.03 bits per heavy atom. The van der Waals surface area contributed by atoms with Crippen LogP contribution in [0.2, 0.25) is 0 Å². The molecular formula is C23H35N9. The number of hydrogen-bond acceptors (Lipinski definition) is 7. The van der Waals surface area contributed by atoms with Gasteiger partial charge in [0.15, 0.2) is 11.6 Å². The van der Waals surface area contributed by atoms with Gasteiger partial charge in [-0.3, -0.25) is 5.01 Å². The largest absolute Gasteiger partial charge is 0.352 e. The minimum Gasteiger partial charge on any atom is -0.352 e. The van der Waals surface area contributed by atoms with E-state index in [0.29, 0.717) is 17.6 Å². The zero-order valence-electron chi connectivity index (χ0n) is 20.3. The van der Waals surface area contributed by atoms with Crippen molar-refractivity contribution in [1.82, 2.24) is 29.5 Å². The van der Waals surface area contributed by atoms with E-state index < -0.39 is 0 Å². The predicted octanol–water partition coefficient (Wildman–Crippen LogP) is 3.93. The number of anilines is 1. The Hall–Kier alpha value is -3.36. The second-order valence-electron chi connectivity index (χ2n) is 8.32. The van der Waals surface area contributed by atoms with Crippen LogP contribution in [0.25, 0.3) is 22.7 Å². The highest BCUT2D eigenvalue weighted by molar-refractivity contribution is 5.83. The van der Waals surface area contributed by atoms with Crippen LogP contribution in [0.3, 0.4) is 0 Å². The summed E-state index contributed by atoms with van der Waals surface area (Å²) in [6.07, 6.45) is 3.70. The van der Waals surface area contributed by atoms with Crippen LogP contribution < -0.4 is 10.7 Å². The molecule has 0 spiro atoms. The van der Waals surface area contributed by atoms with Gasteiger partial charge in [0.1, 0.15) is 5.69 Å². The average Bonchev–Trinajstić information content (AvgIpc) is 3.33. The van der Waals surface area contributed by atoms with Crippen molar-refractivity contribution >= 4 is 23.7 Å². The normalized spacial score (nSPS) is 12.1. The first-order valence-electron chi connectivity index (χ1n) is 11.1. The quantitative estimate of drug-likeness (QED) is 0.310. The van der Waals surface area contributed by atoms with Gasteiger partial charge in [-0.15, -0.1) is 5.10 Å². The van der Waals surface area contributed by atoms with Crippen LogP contribution in [0.15, 0.2) is 29.0 Å². The number of fused-ring (bicyclic) bond motifs is 1. The molecule has 3 aromatic rings. The highest BCUT2D eigenvalue weighted by Crippen LogP contribution is 2.33. The number of allylic oxidation sites excluding steroid dienone is 1. The van der Waals surface area contributed by atoms with Gasteiger partial charge in [-0.05, 0) is 52.7 Å². The van der Waals surface area contributed by atoms with Gasteiger partial charge in [0.25, 0.3) is 0 Å². The lowest BCUT2D eigenvalue weighted by atomic mass is 10.1. The molecule has 9 nitrogen and oxygen atoms in total. The van der Waals surface area contributed by atoms with Crippen LogP contribution in [0, 0.1) is 6.92 Å². The third kappa shape index (κ3) is 4.06. The SMILES string of the molecule is C=NN(C)C(=C(C)C)c1cc(N(CCC)C(C)CC)nn2c(-c3ccnn3N)nc(C)c12. The molecule has 3 heterocycles. The Balaban J connectivity index is 2.43. The standard InChI is InChI=1S/C23H35N9/c1-9-13-30(16(5)10-2)20-14-18(21(15(3)4)29(8)25-7)22-17(6)27-23(31(22)28-20)19-11-12-26-32(19)24/h11-12,14,16H,7,9-10,13,24H2,1-6,8H3. The van der Waals surface area contributed by atoms with Gasteiger partial charge in [0.2, 0.25) is 0 Å². The van der Waals surface area contributed by atoms with Gasteiger partial charge in [0.05, 0.1) is 23.1 Å². The van der Waals surface area contributed by atoms with E-state index in [-0.39, 0.29) is 0 Å². The van der Waals surface area contributed by atoms with Gasteiger partial charge < -0.3 is 10.7 Å².